The van der Waals surface area contributed by atoms with Gasteiger partial charge in [-0.05, 0) is 37.8 Å². The minimum atomic E-state index is -0.953. The molecule has 1 aromatic heterocycles. The molecule has 0 saturated carbocycles. The second-order valence-corrected chi connectivity index (χ2v) is 4.73. The van der Waals surface area contributed by atoms with E-state index >= 15 is 0 Å². The van der Waals surface area contributed by atoms with Crippen LogP contribution in [0.2, 0.25) is 0 Å². The first-order chi connectivity index (χ1) is 8.11. The summed E-state index contributed by atoms with van der Waals surface area (Å²) in [4.78, 5) is 17.3. The smallest absolute Gasteiger partial charge is 0.356 e. The molecule has 2 atom stereocenters. The van der Waals surface area contributed by atoms with Crippen molar-refractivity contribution in [2.45, 2.75) is 32.7 Å². The van der Waals surface area contributed by atoms with E-state index in [9.17, 15) is 4.79 Å². The zero-order chi connectivity index (χ0) is 12.4. The van der Waals surface area contributed by atoms with Gasteiger partial charge in [0.25, 0.3) is 0 Å². The van der Waals surface area contributed by atoms with Gasteiger partial charge in [-0.25, -0.2) is 9.78 Å². The molecule has 0 spiro atoms. The second-order valence-electron chi connectivity index (χ2n) is 4.73. The van der Waals surface area contributed by atoms with Crippen molar-refractivity contribution in [1.29, 1.82) is 0 Å². The van der Waals surface area contributed by atoms with Crippen molar-refractivity contribution in [1.82, 2.24) is 4.98 Å². The third-order valence-electron chi connectivity index (χ3n) is 3.67. The second kappa shape index (κ2) is 4.73. The van der Waals surface area contributed by atoms with Crippen molar-refractivity contribution in [2.24, 2.45) is 5.92 Å². The number of piperidine rings is 1. The quantitative estimate of drug-likeness (QED) is 0.853. The molecule has 2 unspecified atom stereocenters. The molecule has 17 heavy (non-hydrogen) atoms. The van der Waals surface area contributed by atoms with E-state index in [1.807, 2.05) is 6.07 Å². The number of pyridine rings is 1. The van der Waals surface area contributed by atoms with Gasteiger partial charge in [-0.15, -0.1) is 0 Å². The molecular weight excluding hydrogens is 216 g/mol. The van der Waals surface area contributed by atoms with Crippen molar-refractivity contribution >= 4 is 11.7 Å². The Kier molecular flexibility index (Phi) is 3.31. The lowest BCUT2D eigenvalue weighted by atomic mass is 9.91. The molecule has 4 heteroatoms. The van der Waals surface area contributed by atoms with Gasteiger partial charge in [-0.2, -0.15) is 0 Å². The van der Waals surface area contributed by atoms with Crippen molar-refractivity contribution in [3.05, 3.63) is 24.0 Å². The van der Waals surface area contributed by atoms with Gasteiger partial charge in [0.2, 0.25) is 0 Å². The molecular formula is C13H18N2O2. The highest BCUT2D eigenvalue weighted by Crippen LogP contribution is 2.29. The van der Waals surface area contributed by atoms with Crippen LogP contribution in [-0.2, 0) is 0 Å². The lowest BCUT2D eigenvalue weighted by molar-refractivity contribution is 0.0691. The maximum atomic E-state index is 11.2. The summed E-state index contributed by atoms with van der Waals surface area (Å²) < 4.78 is 0. The van der Waals surface area contributed by atoms with Crippen LogP contribution in [0.1, 0.15) is 37.2 Å². The molecule has 0 aliphatic carbocycles. The lowest BCUT2D eigenvalue weighted by Gasteiger charge is -2.39. The average Bonchev–Trinajstić information content (AvgIpc) is 2.33. The highest BCUT2D eigenvalue weighted by molar-refractivity contribution is 5.92. The van der Waals surface area contributed by atoms with E-state index in [1.165, 1.54) is 12.6 Å². The molecule has 1 N–H and O–H groups in total. The molecule has 2 heterocycles. The van der Waals surface area contributed by atoms with Crippen molar-refractivity contribution in [2.75, 3.05) is 11.4 Å². The fraction of sp³-hybridized carbons (Fsp3) is 0.538. The number of hydrogen-bond acceptors (Lipinski definition) is 3. The molecule has 0 amide bonds. The Labute approximate surface area is 101 Å². The molecule has 4 nitrogen and oxygen atoms in total. The van der Waals surface area contributed by atoms with E-state index in [2.05, 4.69) is 23.7 Å². The summed E-state index contributed by atoms with van der Waals surface area (Å²) in [5, 5.41) is 9.16. The molecule has 1 saturated heterocycles. The Bertz CT molecular complexity index is 420. The Balaban J connectivity index is 2.36. The van der Waals surface area contributed by atoms with Crippen molar-refractivity contribution in [3.8, 4) is 0 Å². The fourth-order valence-electron chi connectivity index (χ4n) is 2.47. The van der Waals surface area contributed by atoms with Gasteiger partial charge in [0.15, 0.2) is 5.69 Å². The summed E-state index contributed by atoms with van der Waals surface area (Å²) in [6.07, 6.45) is 3.85. The van der Waals surface area contributed by atoms with Crippen LogP contribution in [0.3, 0.4) is 0 Å². The predicted octanol–water partition coefficient (Wildman–Crippen LogP) is 2.40. The summed E-state index contributed by atoms with van der Waals surface area (Å²) in [7, 11) is 0. The highest BCUT2D eigenvalue weighted by Gasteiger charge is 2.27. The number of aromatic nitrogens is 1. The Morgan fingerprint density at radius 2 is 2.29 bits per heavy atom. The van der Waals surface area contributed by atoms with Gasteiger partial charge < -0.3 is 10.0 Å². The largest absolute Gasteiger partial charge is 0.476 e. The Morgan fingerprint density at radius 3 is 3.00 bits per heavy atom. The van der Waals surface area contributed by atoms with E-state index in [0.29, 0.717) is 12.0 Å². The van der Waals surface area contributed by atoms with Crippen LogP contribution in [0.4, 0.5) is 5.69 Å². The standard InChI is InChI=1S/C13H18N2O2/c1-9-5-4-8-15(10(9)2)11-6-3-7-14-12(11)13(16)17/h3,6-7,9-10H,4-5,8H2,1-2H3,(H,16,17). The fourth-order valence-corrected chi connectivity index (χ4v) is 2.47. The maximum Gasteiger partial charge on any atom is 0.356 e. The summed E-state index contributed by atoms with van der Waals surface area (Å²) in [5.41, 5.74) is 0.910. The molecule has 92 valence electrons. The molecule has 2 rings (SSSR count). The normalized spacial score (nSPS) is 24.7. The van der Waals surface area contributed by atoms with E-state index in [4.69, 9.17) is 5.11 Å². The van der Waals surface area contributed by atoms with Crippen LogP contribution in [0.5, 0.6) is 0 Å². The number of nitrogens with zero attached hydrogens (tertiary/aromatic N) is 2. The zero-order valence-electron chi connectivity index (χ0n) is 10.3. The third-order valence-corrected chi connectivity index (χ3v) is 3.67. The van der Waals surface area contributed by atoms with E-state index in [0.717, 1.165) is 18.7 Å². The highest BCUT2D eigenvalue weighted by atomic mass is 16.4. The summed E-state index contributed by atoms with van der Waals surface area (Å²) in [6.45, 7) is 5.29. The van der Waals surface area contributed by atoms with Crippen LogP contribution in [0.25, 0.3) is 0 Å². The number of rotatable bonds is 2. The molecule has 1 aromatic rings. The van der Waals surface area contributed by atoms with E-state index < -0.39 is 5.97 Å². The van der Waals surface area contributed by atoms with Crippen LogP contribution in [0.15, 0.2) is 18.3 Å². The number of aromatic carboxylic acids is 1. The van der Waals surface area contributed by atoms with Crippen LogP contribution >= 0.6 is 0 Å². The predicted molar refractivity (Wildman–Crippen MR) is 66.4 cm³/mol. The maximum absolute atomic E-state index is 11.2. The van der Waals surface area contributed by atoms with E-state index in [-0.39, 0.29) is 5.69 Å². The zero-order valence-corrected chi connectivity index (χ0v) is 10.3. The molecule has 1 fully saturated rings. The first-order valence-corrected chi connectivity index (χ1v) is 6.06. The third kappa shape index (κ3) is 2.25. The van der Waals surface area contributed by atoms with Gasteiger partial charge in [0.05, 0.1) is 5.69 Å². The molecule has 0 radical (unpaired) electrons. The van der Waals surface area contributed by atoms with Crippen molar-refractivity contribution < 1.29 is 9.90 Å². The average molecular weight is 234 g/mol. The topological polar surface area (TPSA) is 53.4 Å². The lowest BCUT2D eigenvalue weighted by Crippen LogP contribution is -2.43. The number of carbonyl (C=O) groups is 1. The van der Waals surface area contributed by atoms with E-state index in [1.54, 1.807) is 6.07 Å². The van der Waals surface area contributed by atoms with Gasteiger partial charge in [0.1, 0.15) is 0 Å². The minimum Gasteiger partial charge on any atom is -0.476 e. The Morgan fingerprint density at radius 1 is 1.53 bits per heavy atom. The monoisotopic (exact) mass is 234 g/mol. The van der Waals surface area contributed by atoms with Crippen molar-refractivity contribution in [3.63, 3.8) is 0 Å². The van der Waals surface area contributed by atoms with Crippen LogP contribution < -0.4 is 4.90 Å². The number of carboxylic acid groups (broad SMARTS) is 1. The summed E-state index contributed by atoms with van der Waals surface area (Å²) in [6, 6.07) is 4.02. The van der Waals surface area contributed by atoms with Gasteiger partial charge in [-0.3, -0.25) is 0 Å². The van der Waals surface area contributed by atoms with Gasteiger partial charge in [0, 0.05) is 18.8 Å². The van der Waals surface area contributed by atoms with Gasteiger partial charge >= 0.3 is 5.97 Å². The Hall–Kier alpha value is -1.58. The minimum absolute atomic E-state index is 0.161. The van der Waals surface area contributed by atoms with Crippen LogP contribution in [-0.4, -0.2) is 28.6 Å². The molecule has 1 aliphatic rings. The SMILES string of the molecule is CC1CCCN(c2cccnc2C(=O)O)C1C. The molecule has 0 bridgehead atoms. The summed E-state index contributed by atoms with van der Waals surface area (Å²) >= 11 is 0. The van der Waals surface area contributed by atoms with Gasteiger partial charge in [-0.1, -0.05) is 6.92 Å². The number of anilines is 1. The first kappa shape index (κ1) is 11.9. The molecule has 1 aliphatic heterocycles. The number of hydrogen-bond donors (Lipinski definition) is 1. The molecule has 0 aromatic carbocycles. The summed E-state index contributed by atoms with van der Waals surface area (Å²) in [5.74, 6) is -0.364. The van der Waals surface area contributed by atoms with Crippen LogP contribution in [0, 0.1) is 5.92 Å². The number of carboxylic acids is 1. The first-order valence-electron chi connectivity index (χ1n) is 6.06.